The molecule has 8 nitrogen and oxygen atoms in total. The molecule has 2 N–H and O–H groups in total. The quantitative estimate of drug-likeness (QED) is 0.656. The van der Waals surface area contributed by atoms with Crippen molar-refractivity contribution in [2.24, 2.45) is 17.8 Å². The minimum atomic E-state index is -0.648. The molecule has 8 heteroatoms. The zero-order chi connectivity index (χ0) is 23.4. The van der Waals surface area contributed by atoms with Gasteiger partial charge in [-0.2, -0.15) is 0 Å². The molecule has 0 radical (unpaired) electrons. The molecule has 0 aromatic heterocycles. The molecule has 180 valence electrons. The Balaban J connectivity index is 1.41. The fraction of sp³-hybridized carbons (Fsp3) is 0.640. The summed E-state index contributed by atoms with van der Waals surface area (Å²) >= 11 is 0. The second-order valence-corrected chi connectivity index (χ2v) is 9.80. The molecule has 1 aromatic rings. The number of carbonyl (C=O) groups is 3. The van der Waals surface area contributed by atoms with Crippen molar-refractivity contribution in [3.05, 3.63) is 23.8 Å². The van der Waals surface area contributed by atoms with E-state index in [-0.39, 0.29) is 36.4 Å². The van der Waals surface area contributed by atoms with E-state index in [1.165, 1.54) is 0 Å². The van der Waals surface area contributed by atoms with Crippen molar-refractivity contribution >= 4 is 17.7 Å². The highest BCUT2D eigenvalue weighted by molar-refractivity contribution is 5.98. The predicted octanol–water partition coefficient (Wildman–Crippen LogP) is 2.71. The fourth-order valence-electron chi connectivity index (χ4n) is 4.96. The summed E-state index contributed by atoms with van der Waals surface area (Å²) in [6.07, 6.45) is 5.64. The predicted molar refractivity (Wildman–Crippen MR) is 123 cm³/mol. The highest BCUT2D eigenvalue weighted by atomic mass is 16.7. The Kier molecular flexibility index (Phi) is 7.40. The zero-order valence-corrected chi connectivity index (χ0v) is 19.6. The van der Waals surface area contributed by atoms with E-state index in [4.69, 9.17) is 9.47 Å². The summed E-state index contributed by atoms with van der Waals surface area (Å²) in [6, 6.07) is 4.38. The molecule has 2 fully saturated rings. The first-order valence-corrected chi connectivity index (χ1v) is 12.2. The molecule has 0 unspecified atom stereocenters. The van der Waals surface area contributed by atoms with Crippen LogP contribution in [0.15, 0.2) is 18.2 Å². The first kappa shape index (κ1) is 23.4. The number of nitrogens with one attached hydrogen (secondary N) is 2. The molecule has 3 aliphatic rings. The fourth-order valence-corrected chi connectivity index (χ4v) is 4.96. The number of amides is 3. The third kappa shape index (κ3) is 5.60. The number of hydrogen-bond donors (Lipinski definition) is 2. The lowest BCUT2D eigenvalue weighted by Gasteiger charge is -2.37. The maximum atomic E-state index is 13.1. The molecule has 1 aliphatic carbocycles. The van der Waals surface area contributed by atoms with Gasteiger partial charge in [0.2, 0.25) is 18.6 Å². The largest absolute Gasteiger partial charge is 0.454 e. The Morgan fingerprint density at radius 2 is 1.73 bits per heavy atom. The number of likely N-dealkylation sites (tertiary alicyclic amines) is 1. The third-order valence-electron chi connectivity index (χ3n) is 6.92. The maximum Gasteiger partial charge on any atom is 0.252 e. The van der Waals surface area contributed by atoms with Crippen molar-refractivity contribution in [2.45, 2.75) is 58.4 Å². The van der Waals surface area contributed by atoms with E-state index in [0.29, 0.717) is 55.5 Å². The van der Waals surface area contributed by atoms with Crippen LogP contribution in [-0.4, -0.2) is 55.1 Å². The highest BCUT2D eigenvalue weighted by Gasteiger charge is 2.36. The Bertz CT molecular complexity index is 873. The van der Waals surface area contributed by atoms with Gasteiger partial charge in [-0.15, -0.1) is 0 Å². The summed E-state index contributed by atoms with van der Waals surface area (Å²) in [7, 11) is 0. The SMILES string of the molecule is CC(C)CNC(=O)[C@H](NC(=O)c1ccc2c(c1)OCO2)C1CCN(C(=O)C2CCCC2)CC1. The molecule has 0 bridgehead atoms. The number of rotatable bonds is 7. The van der Waals surface area contributed by atoms with Gasteiger partial charge in [-0.05, 0) is 55.7 Å². The summed E-state index contributed by atoms with van der Waals surface area (Å²) in [4.78, 5) is 40.9. The summed E-state index contributed by atoms with van der Waals surface area (Å²) in [5.41, 5.74) is 0.426. The van der Waals surface area contributed by atoms with Gasteiger partial charge >= 0.3 is 0 Å². The molecule has 1 saturated carbocycles. The smallest absolute Gasteiger partial charge is 0.252 e. The molecule has 4 rings (SSSR count). The summed E-state index contributed by atoms with van der Waals surface area (Å²) < 4.78 is 10.7. The van der Waals surface area contributed by atoms with Gasteiger partial charge in [0.1, 0.15) is 6.04 Å². The second kappa shape index (κ2) is 10.4. The van der Waals surface area contributed by atoms with E-state index < -0.39 is 6.04 Å². The number of ether oxygens (including phenoxy) is 2. The van der Waals surface area contributed by atoms with Gasteiger partial charge in [0.05, 0.1) is 0 Å². The van der Waals surface area contributed by atoms with E-state index >= 15 is 0 Å². The number of piperidine rings is 1. The van der Waals surface area contributed by atoms with E-state index in [1.807, 2.05) is 18.7 Å². The van der Waals surface area contributed by atoms with E-state index in [0.717, 1.165) is 25.7 Å². The van der Waals surface area contributed by atoms with Crippen LogP contribution in [-0.2, 0) is 9.59 Å². The normalized spacial score (nSPS) is 19.5. The highest BCUT2D eigenvalue weighted by Crippen LogP contribution is 2.33. The van der Waals surface area contributed by atoms with Crippen LogP contribution in [0.4, 0.5) is 0 Å². The molecule has 2 aliphatic heterocycles. The van der Waals surface area contributed by atoms with Gasteiger partial charge in [-0.3, -0.25) is 14.4 Å². The van der Waals surface area contributed by atoms with E-state index in [2.05, 4.69) is 10.6 Å². The molecule has 1 saturated heterocycles. The topological polar surface area (TPSA) is 97.0 Å². The summed E-state index contributed by atoms with van der Waals surface area (Å²) in [6.45, 7) is 6.02. The first-order valence-electron chi connectivity index (χ1n) is 12.2. The van der Waals surface area contributed by atoms with E-state index in [1.54, 1.807) is 18.2 Å². The lowest BCUT2D eigenvalue weighted by molar-refractivity contribution is -0.137. The van der Waals surface area contributed by atoms with Gasteiger partial charge in [0.15, 0.2) is 11.5 Å². The maximum absolute atomic E-state index is 13.1. The minimum absolute atomic E-state index is 0.0252. The average Bonchev–Trinajstić information content (AvgIpc) is 3.52. The van der Waals surface area contributed by atoms with Crippen molar-refractivity contribution in [2.75, 3.05) is 26.4 Å². The standard InChI is InChI=1S/C25H35N3O5/c1-16(2)14-26-24(30)22(27-23(29)19-7-8-20-21(13-19)33-15-32-20)17-9-11-28(12-10-17)25(31)18-5-3-4-6-18/h7-8,13,16-18,22H,3-6,9-12,14-15H2,1-2H3,(H,26,30)(H,27,29)/t22-/m1/s1. The van der Waals surface area contributed by atoms with Crippen molar-refractivity contribution in [3.8, 4) is 11.5 Å². The second-order valence-electron chi connectivity index (χ2n) is 9.80. The zero-order valence-electron chi connectivity index (χ0n) is 19.6. The number of hydrogen-bond acceptors (Lipinski definition) is 5. The van der Waals surface area contributed by atoms with Crippen LogP contribution in [0.5, 0.6) is 11.5 Å². The number of carbonyl (C=O) groups excluding carboxylic acids is 3. The number of nitrogens with zero attached hydrogens (tertiary/aromatic N) is 1. The molecule has 1 aromatic carbocycles. The average molecular weight is 458 g/mol. The molecule has 33 heavy (non-hydrogen) atoms. The Hall–Kier alpha value is -2.77. The van der Waals surface area contributed by atoms with Gasteiger partial charge in [0, 0.05) is 31.1 Å². The molecule has 3 amide bonds. The lowest BCUT2D eigenvalue weighted by Crippen LogP contribution is -2.54. The van der Waals surface area contributed by atoms with Crippen molar-refractivity contribution in [1.82, 2.24) is 15.5 Å². The Morgan fingerprint density at radius 3 is 2.42 bits per heavy atom. The lowest BCUT2D eigenvalue weighted by atomic mass is 9.87. The van der Waals surface area contributed by atoms with Crippen molar-refractivity contribution < 1.29 is 23.9 Å². The van der Waals surface area contributed by atoms with E-state index in [9.17, 15) is 14.4 Å². The van der Waals surface area contributed by atoms with Gasteiger partial charge in [-0.1, -0.05) is 26.7 Å². The van der Waals surface area contributed by atoms with Crippen LogP contribution < -0.4 is 20.1 Å². The van der Waals surface area contributed by atoms with Crippen molar-refractivity contribution in [1.29, 1.82) is 0 Å². The van der Waals surface area contributed by atoms with Gasteiger partial charge in [0.25, 0.3) is 5.91 Å². The molecular formula is C25H35N3O5. The van der Waals surface area contributed by atoms with Crippen LogP contribution >= 0.6 is 0 Å². The van der Waals surface area contributed by atoms with Crippen LogP contribution in [0, 0.1) is 17.8 Å². The number of fused-ring (bicyclic) bond motifs is 1. The van der Waals surface area contributed by atoms with Crippen molar-refractivity contribution in [3.63, 3.8) is 0 Å². The van der Waals surface area contributed by atoms with Crippen LogP contribution in [0.1, 0.15) is 62.7 Å². The van der Waals surface area contributed by atoms with Gasteiger partial charge in [-0.25, -0.2) is 0 Å². The molecular weight excluding hydrogens is 422 g/mol. The summed E-state index contributed by atoms with van der Waals surface area (Å²) in [5.74, 6) is 1.36. The monoisotopic (exact) mass is 457 g/mol. The Labute approximate surface area is 195 Å². The minimum Gasteiger partial charge on any atom is -0.454 e. The van der Waals surface area contributed by atoms with Crippen LogP contribution in [0.25, 0.3) is 0 Å². The molecule has 1 atom stereocenters. The van der Waals surface area contributed by atoms with Gasteiger partial charge < -0.3 is 25.0 Å². The summed E-state index contributed by atoms with van der Waals surface area (Å²) in [5, 5.41) is 5.94. The molecule has 2 heterocycles. The number of benzene rings is 1. The first-order chi connectivity index (χ1) is 15.9. The third-order valence-corrected chi connectivity index (χ3v) is 6.92. The Morgan fingerprint density at radius 1 is 1.03 bits per heavy atom. The van der Waals surface area contributed by atoms with Crippen LogP contribution in [0.2, 0.25) is 0 Å². The van der Waals surface area contributed by atoms with Crippen LogP contribution in [0.3, 0.4) is 0 Å². The molecule has 0 spiro atoms.